The van der Waals surface area contributed by atoms with Crippen molar-refractivity contribution in [2.75, 3.05) is 12.4 Å². The number of amides is 1. The topological polar surface area (TPSA) is 40.5 Å². The third-order valence-corrected chi connectivity index (χ3v) is 3.80. The van der Waals surface area contributed by atoms with Crippen LogP contribution in [0.5, 0.6) is 5.75 Å². The molecule has 0 bridgehead atoms. The molecule has 1 atom stereocenters. The van der Waals surface area contributed by atoms with Crippen LogP contribution in [0.3, 0.4) is 0 Å². The molecule has 0 aliphatic carbocycles. The monoisotopic (exact) mass is 267 g/mol. The lowest BCUT2D eigenvalue weighted by atomic mass is 10.0. The zero-order valence-corrected chi connectivity index (χ0v) is 11.3. The molecule has 1 N–H and O–H groups in total. The molecule has 98 valence electrons. The molecule has 1 aromatic carbocycles. The number of phenolic OH excluding ortho intramolecular Hbond substituents is 1. The molecule has 0 radical (unpaired) electrons. The van der Waals surface area contributed by atoms with E-state index in [-0.39, 0.29) is 17.7 Å². The molecule has 0 aromatic heterocycles. The number of hydrogen-bond donors (Lipinski definition) is 1. The lowest BCUT2D eigenvalue weighted by molar-refractivity contribution is 0.0636. The molecule has 3 nitrogen and oxygen atoms in total. The largest absolute Gasteiger partial charge is 0.507 e. The fourth-order valence-electron chi connectivity index (χ4n) is 2.40. The Hall–Kier alpha value is -1.22. The number of likely N-dealkylation sites (tertiary alicyclic amines) is 1. The Balaban J connectivity index is 2.26. The summed E-state index contributed by atoms with van der Waals surface area (Å²) in [5, 5.41) is 9.81. The molecule has 0 saturated carbocycles. The van der Waals surface area contributed by atoms with E-state index in [0.717, 1.165) is 31.4 Å². The number of rotatable bonds is 2. The number of nitrogens with zero attached hydrogens (tertiary/aromatic N) is 1. The van der Waals surface area contributed by atoms with Gasteiger partial charge in [-0.15, -0.1) is 11.6 Å². The maximum absolute atomic E-state index is 12.4. The van der Waals surface area contributed by atoms with Crippen LogP contribution in [-0.4, -0.2) is 34.4 Å². The molecule has 2 rings (SSSR count). The quantitative estimate of drug-likeness (QED) is 0.837. The number of carbonyl (C=O) groups excluding carboxylic acids is 1. The van der Waals surface area contributed by atoms with E-state index < -0.39 is 0 Å². The molecule has 0 spiro atoms. The molecule has 1 aromatic rings. The maximum Gasteiger partial charge on any atom is 0.257 e. The van der Waals surface area contributed by atoms with Crippen molar-refractivity contribution in [2.45, 2.75) is 32.2 Å². The molecule has 1 aliphatic rings. The predicted molar refractivity (Wildman–Crippen MR) is 72.2 cm³/mol. The lowest BCUT2D eigenvalue weighted by Crippen LogP contribution is -2.44. The number of aryl methyl sites for hydroxylation is 1. The van der Waals surface area contributed by atoms with Crippen molar-refractivity contribution >= 4 is 17.5 Å². The van der Waals surface area contributed by atoms with Gasteiger partial charge >= 0.3 is 0 Å². The second-order valence-corrected chi connectivity index (χ2v) is 5.13. The summed E-state index contributed by atoms with van der Waals surface area (Å²) in [5.74, 6) is 0.393. The van der Waals surface area contributed by atoms with E-state index in [1.54, 1.807) is 23.1 Å². The summed E-state index contributed by atoms with van der Waals surface area (Å²) in [5.41, 5.74) is 1.35. The maximum atomic E-state index is 12.4. The van der Waals surface area contributed by atoms with Gasteiger partial charge in [-0.25, -0.2) is 0 Å². The Morgan fingerprint density at radius 1 is 1.50 bits per heavy atom. The third kappa shape index (κ3) is 2.61. The van der Waals surface area contributed by atoms with Crippen molar-refractivity contribution < 1.29 is 9.90 Å². The highest BCUT2D eigenvalue weighted by Crippen LogP contribution is 2.25. The minimum atomic E-state index is -0.110. The summed E-state index contributed by atoms with van der Waals surface area (Å²) < 4.78 is 0. The SMILES string of the molecule is Cc1ccc(O)c(C(=O)N2CCCCC2CCl)c1. The van der Waals surface area contributed by atoms with Crippen molar-refractivity contribution in [3.63, 3.8) is 0 Å². The summed E-state index contributed by atoms with van der Waals surface area (Å²) in [6.45, 7) is 2.63. The zero-order valence-electron chi connectivity index (χ0n) is 10.5. The molecule has 1 unspecified atom stereocenters. The highest BCUT2D eigenvalue weighted by Gasteiger charge is 2.28. The van der Waals surface area contributed by atoms with E-state index in [4.69, 9.17) is 11.6 Å². The van der Waals surface area contributed by atoms with Gasteiger partial charge in [0, 0.05) is 18.5 Å². The van der Waals surface area contributed by atoms with Crippen LogP contribution in [0.2, 0.25) is 0 Å². The minimum Gasteiger partial charge on any atom is -0.507 e. The van der Waals surface area contributed by atoms with Crippen LogP contribution in [-0.2, 0) is 0 Å². The smallest absolute Gasteiger partial charge is 0.257 e. The Kier molecular flexibility index (Phi) is 4.12. The number of halogens is 1. The number of hydrogen-bond acceptors (Lipinski definition) is 2. The van der Waals surface area contributed by atoms with Gasteiger partial charge in [-0.1, -0.05) is 11.6 Å². The molecule has 4 heteroatoms. The number of alkyl halides is 1. The second-order valence-electron chi connectivity index (χ2n) is 4.82. The first-order valence-electron chi connectivity index (χ1n) is 6.30. The van der Waals surface area contributed by atoms with Gasteiger partial charge in [0.25, 0.3) is 5.91 Å². The Morgan fingerprint density at radius 2 is 2.28 bits per heavy atom. The molecule has 1 fully saturated rings. The van der Waals surface area contributed by atoms with Gasteiger partial charge < -0.3 is 10.0 Å². The Labute approximate surface area is 112 Å². The van der Waals surface area contributed by atoms with Crippen LogP contribution >= 0.6 is 11.6 Å². The van der Waals surface area contributed by atoms with Crippen LogP contribution in [0.15, 0.2) is 18.2 Å². The fraction of sp³-hybridized carbons (Fsp3) is 0.500. The Bertz CT molecular complexity index is 447. The summed E-state index contributed by atoms with van der Waals surface area (Å²) in [6, 6.07) is 5.19. The standard InChI is InChI=1S/C14H18ClNO2/c1-10-5-6-13(17)12(8-10)14(18)16-7-3-2-4-11(16)9-15/h5-6,8,11,17H,2-4,7,9H2,1H3. The van der Waals surface area contributed by atoms with Crippen molar-refractivity contribution in [1.29, 1.82) is 0 Å². The summed E-state index contributed by atoms with van der Waals surface area (Å²) in [6.07, 6.45) is 3.06. The average Bonchev–Trinajstić information content (AvgIpc) is 2.40. The third-order valence-electron chi connectivity index (χ3n) is 3.45. The highest BCUT2D eigenvalue weighted by molar-refractivity contribution is 6.18. The number of carbonyl (C=O) groups is 1. The molecule has 1 aliphatic heterocycles. The molecule has 18 heavy (non-hydrogen) atoms. The lowest BCUT2D eigenvalue weighted by Gasteiger charge is -2.34. The summed E-state index contributed by atoms with van der Waals surface area (Å²) in [7, 11) is 0. The number of benzene rings is 1. The van der Waals surface area contributed by atoms with Gasteiger partial charge in [0.05, 0.1) is 5.56 Å². The minimum absolute atomic E-state index is 0.0458. The number of aromatic hydroxyl groups is 1. The Morgan fingerprint density at radius 3 is 3.00 bits per heavy atom. The van der Waals surface area contributed by atoms with Gasteiger partial charge in [-0.2, -0.15) is 0 Å². The first-order valence-corrected chi connectivity index (χ1v) is 6.83. The zero-order chi connectivity index (χ0) is 13.1. The first-order chi connectivity index (χ1) is 8.63. The molecule has 1 heterocycles. The number of piperidine rings is 1. The predicted octanol–water partition coefficient (Wildman–Crippen LogP) is 2.93. The fourth-order valence-corrected chi connectivity index (χ4v) is 2.73. The van der Waals surface area contributed by atoms with Gasteiger partial charge in [0.2, 0.25) is 0 Å². The normalized spacial score (nSPS) is 19.9. The van der Waals surface area contributed by atoms with E-state index in [1.165, 1.54) is 0 Å². The van der Waals surface area contributed by atoms with Crippen LogP contribution in [0.4, 0.5) is 0 Å². The molecular weight excluding hydrogens is 250 g/mol. The van der Waals surface area contributed by atoms with Crippen LogP contribution in [0.25, 0.3) is 0 Å². The highest BCUT2D eigenvalue weighted by atomic mass is 35.5. The van der Waals surface area contributed by atoms with E-state index in [1.807, 2.05) is 6.92 Å². The van der Waals surface area contributed by atoms with E-state index in [9.17, 15) is 9.90 Å². The number of phenols is 1. The molecule has 1 saturated heterocycles. The summed E-state index contributed by atoms with van der Waals surface area (Å²) >= 11 is 5.92. The molecule has 1 amide bonds. The second kappa shape index (κ2) is 5.61. The molecular formula is C14H18ClNO2. The van der Waals surface area contributed by atoms with E-state index in [2.05, 4.69) is 0 Å². The van der Waals surface area contributed by atoms with Crippen LogP contribution in [0.1, 0.15) is 35.2 Å². The van der Waals surface area contributed by atoms with E-state index in [0.29, 0.717) is 11.4 Å². The first kappa shape index (κ1) is 13.2. The van der Waals surface area contributed by atoms with Gasteiger partial charge in [0.1, 0.15) is 5.75 Å². The van der Waals surface area contributed by atoms with Crippen molar-refractivity contribution in [1.82, 2.24) is 4.90 Å². The van der Waals surface area contributed by atoms with Gasteiger partial charge in [-0.05, 0) is 38.3 Å². The van der Waals surface area contributed by atoms with Crippen LogP contribution in [0, 0.1) is 6.92 Å². The average molecular weight is 268 g/mol. The van der Waals surface area contributed by atoms with Gasteiger partial charge in [0.15, 0.2) is 0 Å². The summed E-state index contributed by atoms with van der Waals surface area (Å²) in [4.78, 5) is 14.2. The van der Waals surface area contributed by atoms with Crippen LogP contribution < -0.4 is 0 Å². The van der Waals surface area contributed by atoms with Crippen molar-refractivity contribution in [3.05, 3.63) is 29.3 Å². The van der Waals surface area contributed by atoms with Gasteiger partial charge in [-0.3, -0.25) is 4.79 Å². The van der Waals surface area contributed by atoms with Crippen molar-refractivity contribution in [2.24, 2.45) is 0 Å². The van der Waals surface area contributed by atoms with Crippen molar-refractivity contribution in [3.8, 4) is 5.75 Å². The van der Waals surface area contributed by atoms with E-state index >= 15 is 0 Å².